The third-order valence-electron chi connectivity index (χ3n) is 1.68. The second-order valence-electron chi connectivity index (χ2n) is 2.73. The molecule has 0 radical (unpaired) electrons. The monoisotopic (exact) mass is 211 g/mol. The van der Waals surface area contributed by atoms with Gasteiger partial charge in [0.1, 0.15) is 5.83 Å². The fraction of sp³-hybridized carbons (Fsp3) is 0.250. The Morgan fingerprint density at radius 1 is 1.47 bits per heavy atom. The van der Waals surface area contributed by atoms with Gasteiger partial charge in [-0.2, -0.15) is 0 Å². The first-order chi connectivity index (χ1) is 7.24. The highest BCUT2D eigenvalue weighted by molar-refractivity contribution is 6.04. The molecule has 0 aromatic rings. The van der Waals surface area contributed by atoms with Gasteiger partial charge in [0.25, 0.3) is 0 Å². The molecule has 0 aliphatic carbocycles. The molecule has 0 spiro atoms. The van der Waals surface area contributed by atoms with Crippen LogP contribution >= 0.6 is 0 Å². The standard InChI is InChI=1S/C11H12FN.CH3F/c1-3-4-6-10-7-5-8-11(12)9(2)13-10;1-2/h3-7H,1,8H2,2H3;1H3/b6-4-;. The van der Waals surface area contributed by atoms with E-state index in [-0.39, 0.29) is 5.83 Å². The first-order valence-corrected chi connectivity index (χ1v) is 4.51. The van der Waals surface area contributed by atoms with Crippen LogP contribution in [0.5, 0.6) is 0 Å². The molecule has 0 saturated carbocycles. The molecule has 0 fully saturated rings. The van der Waals surface area contributed by atoms with E-state index in [0.29, 0.717) is 19.3 Å². The van der Waals surface area contributed by atoms with Gasteiger partial charge >= 0.3 is 0 Å². The van der Waals surface area contributed by atoms with Gasteiger partial charge in [0.05, 0.1) is 18.6 Å². The second kappa shape index (κ2) is 7.85. The Hall–Kier alpha value is -1.51. The van der Waals surface area contributed by atoms with Crippen LogP contribution in [0.25, 0.3) is 0 Å². The number of alkyl halides is 1. The SMILES string of the molecule is C=C/C=C\C1=NC(C)=C(F)CC=C1.CF. The molecule has 0 unspecified atom stereocenters. The number of allylic oxidation sites excluding steroid dienone is 7. The summed E-state index contributed by atoms with van der Waals surface area (Å²) in [5.41, 5.74) is 1.21. The van der Waals surface area contributed by atoms with Crippen molar-refractivity contribution in [1.29, 1.82) is 0 Å². The average molecular weight is 211 g/mol. The van der Waals surface area contributed by atoms with E-state index in [9.17, 15) is 8.78 Å². The van der Waals surface area contributed by atoms with Gasteiger partial charge in [-0.15, -0.1) is 0 Å². The van der Waals surface area contributed by atoms with Gasteiger partial charge in [0.2, 0.25) is 0 Å². The molecule has 1 aliphatic rings. The molecule has 1 aliphatic heterocycles. The van der Waals surface area contributed by atoms with E-state index >= 15 is 0 Å². The molecule has 1 rings (SSSR count). The van der Waals surface area contributed by atoms with Crippen LogP contribution in [0.1, 0.15) is 13.3 Å². The van der Waals surface area contributed by atoms with Crippen LogP contribution in [0.2, 0.25) is 0 Å². The summed E-state index contributed by atoms with van der Waals surface area (Å²) in [6.45, 7) is 5.22. The second-order valence-corrected chi connectivity index (χ2v) is 2.73. The molecule has 82 valence electrons. The van der Waals surface area contributed by atoms with E-state index in [1.54, 1.807) is 37.3 Å². The first-order valence-electron chi connectivity index (χ1n) is 4.51. The molecular formula is C12H15F2N. The van der Waals surface area contributed by atoms with E-state index in [0.717, 1.165) is 5.71 Å². The number of rotatable bonds is 2. The minimum absolute atomic E-state index is 0.168. The van der Waals surface area contributed by atoms with E-state index in [1.807, 2.05) is 0 Å². The maximum atomic E-state index is 13.0. The lowest BCUT2D eigenvalue weighted by Gasteiger charge is -1.93. The summed E-state index contributed by atoms with van der Waals surface area (Å²) in [6.07, 6.45) is 9.14. The van der Waals surface area contributed by atoms with Crippen LogP contribution in [0.4, 0.5) is 8.78 Å². The van der Waals surface area contributed by atoms with Crippen LogP contribution < -0.4 is 0 Å². The third-order valence-corrected chi connectivity index (χ3v) is 1.68. The number of halogens is 2. The van der Waals surface area contributed by atoms with Gasteiger partial charge in [0, 0.05) is 6.42 Å². The fourth-order valence-corrected chi connectivity index (χ4v) is 0.982. The average Bonchev–Trinajstić information content (AvgIpc) is 2.42. The molecule has 0 aromatic carbocycles. The van der Waals surface area contributed by atoms with Gasteiger partial charge in [-0.3, -0.25) is 9.38 Å². The Morgan fingerprint density at radius 3 is 2.73 bits per heavy atom. The van der Waals surface area contributed by atoms with Crippen LogP contribution in [-0.4, -0.2) is 12.9 Å². The zero-order valence-corrected chi connectivity index (χ0v) is 9.00. The fourth-order valence-electron chi connectivity index (χ4n) is 0.982. The summed E-state index contributed by atoms with van der Waals surface area (Å²) in [7, 11) is 0.500. The predicted molar refractivity (Wildman–Crippen MR) is 61.4 cm³/mol. The molecule has 0 saturated heterocycles. The number of nitrogens with zero attached hydrogens (tertiary/aromatic N) is 1. The van der Waals surface area contributed by atoms with E-state index in [1.165, 1.54) is 0 Å². The van der Waals surface area contributed by atoms with Crippen molar-refractivity contribution in [3.05, 3.63) is 48.5 Å². The summed E-state index contributed by atoms with van der Waals surface area (Å²) >= 11 is 0. The van der Waals surface area contributed by atoms with E-state index < -0.39 is 0 Å². The lowest BCUT2D eigenvalue weighted by atomic mass is 10.3. The summed E-state index contributed by atoms with van der Waals surface area (Å²) < 4.78 is 22.5. The molecule has 0 bridgehead atoms. The molecule has 0 N–H and O–H groups in total. The molecule has 0 amide bonds. The Balaban J connectivity index is 0.000000921. The summed E-state index contributed by atoms with van der Waals surface area (Å²) in [5, 5.41) is 0. The maximum absolute atomic E-state index is 13.0. The number of aliphatic imine (C=N–C) groups is 1. The predicted octanol–water partition coefficient (Wildman–Crippen LogP) is 3.92. The Kier molecular flexibility index (Phi) is 7.06. The lowest BCUT2D eigenvalue weighted by molar-refractivity contribution is 0.604. The minimum Gasteiger partial charge on any atom is -0.255 e. The Morgan fingerprint density at radius 2 is 2.13 bits per heavy atom. The molecule has 0 aromatic heterocycles. The van der Waals surface area contributed by atoms with Crippen LogP contribution in [-0.2, 0) is 0 Å². The normalized spacial score (nSPS) is 15.6. The Labute approximate surface area is 89.2 Å². The quantitative estimate of drug-likeness (QED) is 0.614. The molecule has 1 heterocycles. The molecular weight excluding hydrogens is 196 g/mol. The van der Waals surface area contributed by atoms with Crippen LogP contribution in [0, 0.1) is 0 Å². The summed E-state index contributed by atoms with van der Waals surface area (Å²) in [5.74, 6) is -0.168. The van der Waals surface area contributed by atoms with E-state index in [2.05, 4.69) is 11.6 Å². The van der Waals surface area contributed by atoms with Crippen LogP contribution in [0.15, 0.2) is 53.5 Å². The third kappa shape index (κ3) is 5.05. The highest BCUT2D eigenvalue weighted by Crippen LogP contribution is 2.15. The van der Waals surface area contributed by atoms with Gasteiger partial charge in [-0.05, 0) is 19.1 Å². The van der Waals surface area contributed by atoms with Gasteiger partial charge in [-0.1, -0.05) is 24.8 Å². The minimum atomic E-state index is -0.168. The van der Waals surface area contributed by atoms with Crippen molar-refractivity contribution in [3.8, 4) is 0 Å². The summed E-state index contributed by atoms with van der Waals surface area (Å²) in [6, 6.07) is 0. The lowest BCUT2D eigenvalue weighted by Crippen LogP contribution is -1.86. The van der Waals surface area contributed by atoms with Crippen molar-refractivity contribution in [3.63, 3.8) is 0 Å². The summed E-state index contributed by atoms with van der Waals surface area (Å²) in [4.78, 5) is 4.09. The van der Waals surface area contributed by atoms with E-state index in [4.69, 9.17) is 0 Å². The largest absolute Gasteiger partial charge is 0.255 e. The molecule has 3 heteroatoms. The van der Waals surface area contributed by atoms with Gasteiger partial charge in [-0.25, -0.2) is 4.39 Å². The zero-order valence-electron chi connectivity index (χ0n) is 9.00. The van der Waals surface area contributed by atoms with Crippen LogP contribution in [0.3, 0.4) is 0 Å². The molecule has 1 nitrogen and oxygen atoms in total. The highest BCUT2D eigenvalue weighted by atomic mass is 19.1. The van der Waals surface area contributed by atoms with Gasteiger partial charge in [0.15, 0.2) is 0 Å². The highest BCUT2D eigenvalue weighted by Gasteiger charge is 2.02. The van der Waals surface area contributed by atoms with Crippen molar-refractivity contribution in [1.82, 2.24) is 0 Å². The number of hydrogen-bond donors (Lipinski definition) is 0. The smallest absolute Gasteiger partial charge is 0.125 e. The number of hydrogen-bond acceptors (Lipinski definition) is 1. The maximum Gasteiger partial charge on any atom is 0.125 e. The first kappa shape index (κ1) is 13.5. The van der Waals surface area contributed by atoms with Crippen molar-refractivity contribution in [2.24, 2.45) is 4.99 Å². The zero-order chi connectivity index (χ0) is 11.7. The van der Waals surface area contributed by atoms with Gasteiger partial charge < -0.3 is 0 Å². The van der Waals surface area contributed by atoms with Crippen molar-refractivity contribution < 1.29 is 8.78 Å². The van der Waals surface area contributed by atoms with Crippen molar-refractivity contribution in [2.75, 3.05) is 7.18 Å². The van der Waals surface area contributed by atoms with Crippen molar-refractivity contribution >= 4 is 5.71 Å². The van der Waals surface area contributed by atoms with Crippen molar-refractivity contribution in [2.45, 2.75) is 13.3 Å². The molecule has 0 atom stereocenters. The Bertz CT molecular complexity index is 323. The molecule has 15 heavy (non-hydrogen) atoms. The topological polar surface area (TPSA) is 12.4 Å².